The van der Waals surface area contributed by atoms with Crippen molar-refractivity contribution in [3.05, 3.63) is 24.3 Å². The predicted molar refractivity (Wildman–Crippen MR) is 96.0 cm³/mol. The fraction of sp³-hybridized carbons (Fsp3) is 0.611. The van der Waals surface area contributed by atoms with Gasteiger partial charge in [-0.05, 0) is 38.8 Å². The first-order valence-corrected chi connectivity index (χ1v) is 8.65. The largest absolute Gasteiger partial charge is 0.497 e. The summed E-state index contributed by atoms with van der Waals surface area (Å²) in [5.41, 5.74) is 0. The van der Waals surface area contributed by atoms with E-state index in [1.165, 1.54) is 0 Å². The Balaban J connectivity index is 1.82. The molecule has 1 saturated heterocycles. The fourth-order valence-electron chi connectivity index (χ4n) is 2.52. The smallest absolute Gasteiger partial charge is 0.191 e. The molecule has 0 saturated carbocycles. The van der Waals surface area contributed by atoms with Crippen LogP contribution in [0.2, 0.25) is 0 Å². The third-order valence-corrected chi connectivity index (χ3v) is 3.75. The zero-order valence-electron chi connectivity index (χ0n) is 14.9. The monoisotopic (exact) mass is 335 g/mol. The van der Waals surface area contributed by atoms with Crippen molar-refractivity contribution in [1.29, 1.82) is 0 Å². The molecule has 1 aliphatic heterocycles. The first kappa shape index (κ1) is 18.4. The average Bonchev–Trinajstić information content (AvgIpc) is 3.11. The summed E-state index contributed by atoms with van der Waals surface area (Å²) in [4.78, 5) is 4.60. The van der Waals surface area contributed by atoms with Crippen LogP contribution in [0.1, 0.15) is 26.7 Å². The maximum atomic E-state index is 5.90. The molecule has 1 fully saturated rings. The molecule has 1 heterocycles. The Labute approximate surface area is 144 Å². The lowest BCUT2D eigenvalue weighted by Crippen LogP contribution is -2.41. The number of ether oxygens (including phenoxy) is 3. The summed E-state index contributed by atoms with van der Waals surface area (Å²) in [6.07, 6.45) is 2.52. The Morgan fingerprint density at radius 1 is 1.38 bits per heavy atom. The first-order chi connectivity index (χ1) is 11.7. The number of rotatable bonds is 8. The lowest BCUT2D eigenvalue weighted by molar-refractivity contribution is 0.113. The van der Waals surface area contributed by atoms with Crippen molar-refractivity contribution in [2.75, 3.05) is 33.4 Å². The van der Waals surface area contributed by atoms with Crippen LogP contribution in [0.15, 0.2) is 29.3 Å². The Kier molecular flexibility index (Phi) is 7.68. The van der Waals surface area contributed by atoms with E-state index < -0.39 is 0 Å². The number of hydrogen-bond donors (Lipinski definition) is 2. The summed E-state index contributed by atoms with van der Waals surface area (Å²) in [5.74, 6) is 2.37. The number of benzene rings is 1. The van der Waals surface area contributed by atoms with E-state index in [2.05, 4.69) is 22.5 Å². The summed E-state index contributed by atoms with van der Waals surface area (Å²) in [5, 5.41) is 6.59. The molecule has 6 nitrogen and oxygen atoms in total. The van der Waals surface area contributed by atoms with Crippen LogP contribution in [0.3, 0.4) is 0 Å². The van der Waals surface area contributed by atoms with E-state index in [0.29, 0.717) is 12.6 Å². The minimum absolute atomic E-state index is 0.0321. The molecular weight excluding hydrogens is 306 g/mol. The standard InChI is InChI=1S/C18H29N3O3/c1-4-19-18(21-13-17-9-6-10-23-17)20-12-14(2)24-16-8-5-7-15(11-16)22-3/h5,7-8,11,14,17H,4,6,9-10,12-13H2,1-3H3,(H2,19,20,21). The number of hydrogen-bond acceptors (Lipinski definition) is 4. The van der Waals surface area contributed by atoms with Crippen molar-refractivity contribution in [3.63, 3.8) is 0 Å². The third kappa shape index (κ3) is 6.28. The first-order valence-electron chi connectivity index (χ1n) is 8.65. The highest BCUT2D eigenvalue weighted by Crippen LogP contribution is 2.19. The highest BCUT2D eigenvalue weighted by atomic mass is 16.5. The predicted octanol–water partition coefficient (Wildman–Crippen LogP) is 2.20. The Morgan fingerprint density at radius 2 is 2.21 bits per heavy atom. The van der Waals surface area contributed by atoms with Crippen molar-refractivity contribution in [1.82, 2.24) is 10.6 Å². The van der Waals surface area contributed by atoms with Crippen molar-refractivity contribution in [3.8, 4) is 11.5 Å². The Morgan fingerprint density at radius 3 is 2.92 bits per heavy atom. The van der Waals surface area contributed by atoms with Crippen LogP contribution in [0.4, 0.5) is 0 Å². The van der Waals surface area contributed by atoms with Crippen LogP contribution in [0, 0.1) is 0 Å². The Hall–Kier alpha value is -1.95. The van der Waals surface area contributed by atoms with Gasteiger partial charge in [-0.2, -0.15) is 0 Å². The van der Waals surface area contributed by atoms with Gasteiger partial charge in [-0.3, -0.25) is 0 Å². The van der Waals surface area contributed by atoms with Crippen molar-refractivity contribution in [2.45, 2.75) is 38.9 Å². The fourth-order valence-corrected chi connectivity index (χ4v) is 2.52. The molecule has 0 radical (unpaired) electrons. The lowest BCUT2D eigenvalue weighted by Gasteiger charge is -2.17. The Bertz CT molecular complexity index is 516. The maximum Gasteiger partial charge on any atom is 0.191 e. The molecule has 2 rings (SSSR count). The van der Waals surface area contributed by atoms with Crippen LogP contribution >= 0.6 is 0 Å². The van der Waals surface area contributed by atoms with Crippen LogP contribution in [-0.2, 0) is 4.74 Å². The summed E-state index contributed by atoms with van der Waals surface area (Å²) in [6.45, 7) is 7.11. The van der Waals surface area contributed by atoms with Gasteiger partial charge in [-0.1, -0.05) is 6.07 Å². The number of methoxy groups -OCH3 is 1. The molecule has 134 valence electrons. The summed E-state index contributed by atoms with van der Waals surface area (Å²) < 4.78 is 16.7. The highest BCUT2D eigenvalue weighted by Gasteiger charge is 2.15. The van der Waals surface area contributed by atoms with Gasteiger partial charge in [0.2, 0.25) is 0 Å². The normalized spacial score (nSPS) is 19.0. The molecule has 0 amide bonds. The average molecular weight is 335 g/mol. The second-order valence-corrected chi connectivity index (χ2v) is 5.84. The maximum absolute atomic E-state index is 5.90. The van der Waals surface area contributed by atoms with Crippen LogP contribution in [0.5, 0.6) is 11.5 Å². The van der Waals surface area contributed by atoms with Gasteiger partial charge < -0.3 is 24.8 Å². The number of nitrogens with zero attached hydrogens (tertiary/aromatic N) is 1. The van der Waals surface area contributed by atoms with Gasteiger partial charge in [-0.15, -0.1) is 0 Å². The second-order valence-electron chi connectivity index (χ2n) is 5.84. The van der Waals surface area contributed by atoms with Crippen LogP contribution < -0.4 is 20.1 Å². The van der Waals surface area contributed by atoms with Crippen molar-refractivity contribution in [2.24, 2.45) is 4.99 Å². The molecule has 2 atom stereocenters. The molecular formula is C18H29N3O3. The van der Waals surface area contributed by atoms with E-state index in [1.54, 1.807) is 7.11 Å². The molecule has 2 unspecified atom stereocenters. The van der Waals surface area contributed by atoms with Crippen molar-refractivity contribution >= 4 is 5.96 Å². The molecule has 1 aliphatic rings. The molecule has 0 aliphatic carbocycles. The topological polar surface area (TPSA) is 64.1 Å². The molecule has 0 aromatic heterocycles. The SMILES string of the molecule is CCNC(=NCC(C)Oc1cccc(OC)c1)NCC1CCCO1. The van der Waals surface area contributed by atoms with Gasteiger partial charge in [0.15, 0.2) is 5.96 Å². The van der Waals surface area contributed by atoms with Gasteiger partial charge in [0.05, 0.1) is 19.8 Å². The van der Waals surface area contributed by atoms with E-state index in [4.69, 9.17) is 14.2 Å². The summed E-state index contributed by atoms with van der Waals surface area (Å²) in [6, 6.07) is 7.61. The van der Waals surface area contributed by atoms with Crippen LogP contribution in [-0.4, -0.2) is 51.5 Å². The van der Waals surface area contributed by atoms with E-state index in [9.17, 15) is 0 Å². The molecule has 2 N–H and O–H groups in total. The molecule has 24 heavy (non-hydrogen) atoms. The molecule has 1 aromatic rings. The van der Waals surface area contributed by atoms with E-state index >= 15 is 0 Å². The van der Waals surface area contributed by atoms with Gasteiger partial charge in [0.1, 0.15) is 17.6 Å². The summed E-state index contributed by atoms with van der Waals surface area (Å²) >= 11 is 0. The highest BCUT2D eigenvalue weighted by molar-refractivity contribution is 5.79. The van der Waals surface area contributed by atoms with Crippen LogP contribution in [0.25, 0.3) is 0 Å². The molecule has 0 bridgehead atoms. The van der Waals surface area contributed by atoms with Gasteiger partial charge in [0, 0.05) is 25.8 Å². The number of guanidine groups is 1. The summed E-state index contributed by atoms with van der Waals surface area (Å²) in [7, 11) is 1.65. The van der Waals surface area contributed by atoms with Gasteiger partial charge >= 0.3 is 0 Å². The number of aliphatic imine (C=N–C) groups is 1. The zero-order chi connectivity index (χ0) is 17.2. The lowest BCUT2D eigenvalue weighted by atomic mass is 10.2. The van der Waals surface area contributed by atoms with Gasteiger partial charge in [-0.25, -0.2) is 4.99 Å². The van der Waals surface area contributed by atoms with Gasteiger partial charge in [0.25, 0.3) is 0 Å². The van der Waals surface area contributed by atoms with E-state index in [-0.39, 0.29) is 6.10 Å². The minimum Gasteiger partial charge on any atom is -0.497 e. The quantitative estimate of drug-likeness (QED) is 0.563. The minimum atomic E-state index is -0.0321. The van der Waals surface area contributed by atoms with E-state index in [1.807, 2.05) is 31.2 Å². The zero-order valence-corrected chi connectivity index (χ0v) is 14.9. The molecule has 1 aromatic carbocycles. The second kappa shape index (κ2) is 10.0. The number of nitrogens with one attached hydrogen (secondary N) is 2. The van der Waals surface area contributed by atoms with Crippen molar-refractivity contribution < 1.29 is 14.2 Å². The van der Waals surface area contributed by atoms with E-state index in [0.717, 1.165) is 50.0 Å². The molecule has 6 heteroatoms. The molecule has 0 spiro atoms. The third-order valence-electron chi connectivity index (χ3n) is 3.75.